The summed E-state index contributed by atoms with van der Waals surface area (Å²) < 4.78 is 52.0. The van der Waals surface area contributed by atoms with Crippen LogP contribution in [0.1, 0.15) is 12.8 Å². The Morgan fingerprint density at radius 1 is 1.02 bits per heavy atom. The zero-order valence-electron chi connectivity index (χ0n) is 22.1. The molecule has 2 aliphatic heterocycles. The van der Waals surface area contributed by atoms with E-state index in [0.717, 1.165) is 18.9 Å². The molecule has 3 aromatic rings. The number of nitrogens with zero attached hydrogens (tertiary/aromatic N) is 3. The van der Waals surface area contributed by atoms with Crippen molar-refractivity contribution < 1.29 is 32.5 Å². The first-order valence-electron chi connectivity index (χ1n) is 12.8. The number of carbonyl (C=O) groups is 1. The Hall–Kier alpha value is -4.10. The second-order valence-electron chi connectivity index (χ2n) is 9.41. The molecule has 1 aromatic carbocycles. The monoisotopic (exact) mass is 556 g/mol. The third-order valence-electron chi connectivity index (χ3n) is 6.87. The Balaban J connectivity index is 1.56. The fraction of sp³-hybridized carbons (Fsp3) is 0.407. The van der Waals surface area contributed by atoms with Crippen LogP contribution in [0.3, 0.4) is 0 Å². The molecule has 4 heterocycles. The van der Waals surface area contributed by atoms with Crippen LogP contribution in [0.25, 0.3) is 22.2 Å². The van der Waals surface area contributed by atoms with Crippen LogP contribution in [0.4, 0.5) is 20.5 Å². The number of amides is 1. The summed E-state index contributed by atoms with van der Waals surface area (Å²) in [5, 5.41) is 9.93. The summed E-state index contributed by atoms with van der Waals surface area (Å²) in [6, 6.07) is 2.09. The predicted octanol–water partition coefficient (Wildman–Crippen LogP) is 3.06. The Morgan fingerprint density at radius 2 is 1.73 bits per heavy atom. The van der Waals surface area contributed by atoms with Gasteiger partial charge in [-0.25, -0.2) is 23.7 Å². The van der Waals surface area contributed by atoms with Crippen molar-refractivity contribution in [3.63, 3.8) is 0 Å². The van der Waals surface area contributed by atoms with Gasteiger partial charge in [0, 0.05) is 36.9 Å². The summed E-state index contributed by atoms with van der Waals surface area (Å²) in [4.78, 5) is 25.5. The van der Waals surface area contributed by atoms with E-state index in [0.29, 0.717) is 43.1 Å². The van der Waals surface area contributed by atoms with Gasteiger partial charge in [0.15, 0.2) is 29.0 Å². The van der Waals surface area contributed by atoms with Gasteiger partial charge in [0.2, 0.25) is 11.9 Å². The van der Waals surface area contributed by atoms with E-state index in [1.165, 1.54) is 26.4 Å². The number of nitrogens with one attached hydrogen (secondary N) is 3. The fourth-order valence-corrected chi connectivity index (χ4v) is 4.73. The maximum Gasteiger partial charge on any atom is 0.243 e. The molecule has 2 saturated heterocycles. The number of benzene rings is 1. The van der Waals surface area contributed by atoms with Gasteiger partial charge in [-0.3, -0.25) is 4.79 Å². The molecule has 0 spiro atoms. The SMILES string of the molecule is C=CC(=O)N[C@H]1COC[C@H]1Nc1ncc2cc(-c3c(F)c(OC)cc(OC)c3F)nc(NC3CCOCC3)c2n1. The number of hydrogen-bond acceptors (Lipinski definition) is 10. The van der Waals surface area contributed by atoms with Crippen LogP contribution in [0.2, 0.25) is 0 Å². The van der Waals surface area contributed by atoms with Crippen molar-refractivity contribution in [2.75, 3.05) is 51.3 Å². The first kappa shape index (κ1) is 27.5. The summed E-state index contributed by atoms with van der Waals surface area (Å²) in [5.41, 5.74) is 0.0863. The van der Waals surface area contributed by atoms with Gasteiger partial charge in [-0.05, 0) is 25.0 Å². The molecule has 2 fully saturated rings. The highest BCUT2D eigenvalue weighted by atomic mass is 19.1. The van der Waals surface area contributed by atoms with Gasteiger partial charge >= 0.3 is 0 Å². The Bertz CT molecular complexity index is 1390. The van der Waals surface area contributed by atoms with Gasteiger partial charge in [0.05, 0.1) is 50.8 Å². The molecule has 0 bridgehead atoms. The zero-order valence-corrected chi connectivity index (χ0v) is 22.1. The van der Waals surface area contributed by atoms with E-state index in [9.17, 15) is 4.79 Å². The quantitative estimate of drug-likeness (QED) is 0.338. The number of hydrogen-bond donors (Lipinski definition) is 3. The van der Waals surface area contributed by atoms with Crippen molar-refractivity contribution in [2.24, 2.45) is 0 Å². The van der Waals surface area contributed by atoms with Crippen LogP contribution in [0.15, 0.2) is 31.0 Å². The lowest BCUT2D eigenvalue weighted by molar-refractivity contribution is -0.117. The molecule has 5 rings (SSSR count). The molecule has 0 aliphatic carbocycles. The van der Waals surface area contributed by atoms with Gasteiger partial charge < -0.3 is 34.9 Å². The van der Waals surface area contributed by atoms with E-state index in [4.69, 9.17) is 18.9 Å². The number of pyridine rings is 1. The molecule has 3 N–H and O–H groups in total. The molecule has 212 valence electrons. The van der Waals surface area contributed by atoms with Gasteiger partial charge in [-0.2, -0.15) is 0 Å². The predicted molar refractivity (Wildman–Crippen MR) is 144 cm³/mol. The topological polar surface area (TPSA) is 129 Å². The molecule has 0 radical (unpaired) electrons. The van der Waals surface area contributed by atoms with Gasteiger partial charge in [0.25, 0.3) is 0 Å². The lowest BCUT2D eigenvalue weighted by atomic mass is 10.1. The number of halogens is 2. The number of methoxy groups -OCH3 is 2. The van der Waals surface area contributed by atoms with Crippen LogP contribution in [0.5, 0.6) is 11.5 Å². The third-order valence-corrected chi connectivity index (χ3v) is 6.87. The normalized spacial score (nSPS) is 19.3. The van der Waals surface area contributed by atoms with Crippen molar-refractivity contribution in [3.05, 3.63) is 42.6 Å². The Labute approximate surface area is 229 Å². The summed E-state index contributed by atoms with van der Waals surface area (Å²) in [6.45, 7) is 5.30. The summed E-state index contributed by atoms with van der Waals surface area (Å²) >= 11 is 0. The Morgan fingerprint density at radius 3 is 2.40 bits per heavy atom. The molecule has 40 heavy (non-hydrogen) atoms. The van der Waals surface area contributed by atoms with E-state index >= 15 is 8.78 Å². The van der Waals surface area contributed by atoms with Crippen LogP contribution in [-0.2, 0) is 14.3 Å². The minimum Gasteiger partial charge on any atom is -0.494 e. The Kier molecular flexibility index (Phi) is 8.21. The second kappa shape index (κ2) is 12.0. The molecule has 2 aromatic heterocycles. The molecule has 0 saturated carbocycles. The third kappa shape index (κ3) is 5.61. The number of fused-ring (bicyclic) bond motifs is 1. The van der Waals surface area contributed by atoms with Crippen molar-refractivity contribution in [2.45, 2.75) is 31.0 Å². The molecule has 2 aliphatic rings. The van der Waals surface area contributed by atoms with E-state index in [-0.39, 0.29) is 52.7 Å². The summed E-state index contributed by atoms with van der Waals surface area (Å²) in [5.74, 6) is -1.86. The van der Waals surface area contributed by atoms with Crippen molar-refractivity contribution in [3.8, 4) is 22.8 Å². The van der Waals surface area contributed by atoms with Crippen LogP contribution in [-0.4, -0.2) is 79.6 Å². The number of carbonyl (C=O) groups excluding carboxylic acids is 1. The highest BCUT2D eigenvalue weighted by Gasteiger charge is 2.30. The lowest BCUT2D eigenvalue weighted by Crippen LogP contribution is -2.45. The van der Waals surface area contributed by atoms with Gasteiger partial charge in [0.1, 0.15) is 5.52 Å². The minimum absolute atomic E-state index is 0.0161. The molecule has 1 amide bonds. The second-order valence-corrected chi connectivity index (χ2v) is 9.41. The molecule has 0 unspecified atom stereocenters. The average Bonchev–Trinajstić information content (AvgIpc) is 3.40. The largest absolute Gasteiger partial charge is 0.494 e. The van der Waals surface area contributed by atoms with E-state index in [2.05, 4.69) is 37.5 Å². The van der Waals surface area contributed by atoms with E-state index < -0.39 is 11.6 Å². The molecule has 11 nitrogen and oxygen atoms in total. The minimum atomic E-state index is -0.905. The number of ether oxygens (including phenoxy) is 4. The van der Waals surface area contributed by atoms with Crippen LogP contribution < -0.4 is 25.4 Å². The number of rotatable bonds is 9. The van der Waals surface area contributed by atoms with Crippen LogP contribution >= 0.6 is 0 Å². The highest BCUT2D eigenvalue weighted by Crippen LogP contribution is 2.38. The van der Waals surface area contributed by atoms with Crippen molar-refractivity contribution in [1.29, 1.82) is 0 Å². The standard InChI is InChI=1S/C27H30F2N6O5/c1-4-21(36)32-17-12-40-13-18(17)34-27-30-11-14-9-16(22-23(28)19(37-2)10-20(38-3)24(22)29)33-26(25(14)35-27)31-15-5-7-39-8-6-15/h4,9-11,15,17-18H,1,5-8,12-13H2,2-3H3,(H,31,33)(H,32,36)(H,30,34,35)/t17-,18+/m0/s1. The first-order valence-corrected chi connectivity index (χ1v) is 12.8. The molecular formula is C27H30F2N6O5. The maximum atomic E-state index is 15.4. The van der Waals surface area contributed by atoms with E-state index in [1.807, 2.05) is 0 Å². The van der Waals surface area contributed by atoms with Gasteiger partial charge in [-0.15, -0.1) is 0 Å². The maximum absolute atomic E-state index is 15.4. The highest BCUT2D eigenvalue weighted by molar-refractivity contribution is 5.92. The fourth-order valence-electron chi connectivity index (χ4n) is 4.73. The van der Waals surface area contributed by atoms with E-state index in [1.54, 1.807) is 6.20 Å². The number of aromatic nitrogens is 3. The van der Waals surface area contributed by atoms with Gasteiger partial charge in [-0.1, -0.05) is 6.58 Å². The van der Waals surface area contributed by atoms with Crippen LogP contribution in [0, 0.1) is 11.6 Å². The number of anilines is 2. The zero-order chi connectivity index (χ0) is 28.2. The average molecular weight is 557 g/mol. The molecule has 13 heteroatoms. The smallest absolute Gasteiger partial charge is 0.243 e. The van der Waals surface area contributed by atoms with Crippen molar-refractivity contribution in [1.82, 2.24) is 20.3 Å². The summed E-state index contributed by atoms with van der Waals surface area (Å²) in [7, 11) is 2.58. The first-order chi connectivity index (χ1) is 19.4. The van der Waals surface area contributed by atoms with Crippen molar-refractivity contribution >= 4 is 28.6 Å². The molecule has 2 atom stereocenters. The summed E-state index contributed by atoms with van der Waals surface area (Å²) in [6.07, 6.45) is 4.20. The molecular weight excluding hydrogens is 526 g/mol. The lowest BCUT2D eigenvalue weighted by Gasteiger charge is -2.24.